The first kappa shape index (κ1) is 23.1. The van der Waals surface area contributed by atoms with Crippen LogP contribution in [0.3, 0.4) is 0 Å². The van der Waals surface area contributed by atoms with Crippen LogP contribution in [0.15, 0.2) is 54.6 Å². The van der Waals surface area contributed by atoms with Gasteiger partial charge in [0.05, 0.1) is 6.61 Å². The van der Waals surface area contributed by atoms with Gasteiger partial charge < -0.3 is 30.9 Å². The molecule has 0 spiro atoms. The molecule has 2 aromatic carbocycles. The monoisotopic (exact) mass is 439 g/mol. The van der Waals surface area contributed by atoms with Gasteiger partial charge in [0.2, 0.25) is 5.91 Å². The van der Waals surface area contributed by atoms with Crippen LogP contribution in [0.4, 0.5) is 26.7 Å². The van der Waals surface area contributed by atoms with Gasteiger partial charge in [-0.15, -0.1) is 0 Å². The second kappa shape index (κ2) is 11.7. The number of nitrogens with one attached hydrogen (secondary N) is 4. The Hall–Kier alpha value is -3.59. The summed E-state index contributed by atoms with van der Waals surface area (Å²) in [5, 5.41) is 11.2. The quantitative estimate of drug-likeness (QED) is 0.496. The van der Waals surface area contributed by atoms with Crippen LogP contribution < -0.4 is 21.3 Å². The lowest BCUT2D eigenvalue weighted by Gasteiger charge is -2.31. The molecule has 0 atom stereocenters. The van der Waals surface area contributed by atoms with Gasteiger partial charge in [-0.1, -0.05) is 18.2 Å². The van der Waals surface area contributed by atoms with Crippen molar-refractivity contribution in [1.82, 2.24) is 10.2 Å². The number of piperidine rings is 1. The molecule has 1 heterocycles. The minimum atomic E-state index is -0.345. The standard InChI is InChI=1S/C23H29N5O4/c1-32-16-13-24-21(29)17-11-14-28(15-12-17)23(31)27-20-9-7-19(8-10-20)26-22(30)25-18-5-3-2-4-6-18/h2-10,17H,11-16H2,1H3,(H,24,29)(H,27,31)(H2,25,26,30). The number of hydrogen-bond donors (Lipinski definition) is 4. The molecule has 1 aliphatic heterocycles. The smallest absolute Gasteiger partial charge is 0.323 e. The van der Waals surface area contributed by atoms with Gasteiger partial charge >= 0.3 is 12.1 Å². The van der Waals surface area contributed by atoms with Crippen LogP contribution in [0.2, 0.25) is 0 Å². The van der Waals surface area contributed by atoms with Gasteiger partial charge in [0.15, 0.2) is 0 Å². The summed E-state index contributed by atoms with van der Waals surface area (Å²) >= 11 is 0. The Morgan fingerprint density at radius 1 is 0.875 bits per heavy atom. The molecular weight excluding hydrogens is 410 g/mol. The third-order valence-electron chi connectivity index (χ3n) is 5.18. The average Bonchev–Trinajstić information content (AvgIpc) is 2.81. The van der Waals surface area contributed by atoms with Crippen LogP contribution in [0.25, 0.3) is 0 Å². The molecule has 5 amide bonds. The molecule has 1 aliphatic rings. The molecule has 0 aliphatic carbocycles. The molecule has 0 saturated carbocycles. The lowest BCUT2D eigenvalue weighted by molar-refractivity contribution is -0.126. The van der Waals surface area contributed by atoms with Crippen LogP contribution in [-0.2, 0) is 9.53 Å². The third kappa shape index (κ3) is 6.98. The van der Waals surface area contributed by atoms with Crippen LogP contribution >= 0.6 is 0 Å². The summed E-state index contributed by atoms with van der Waals surface area (Å²) in [7, 11) is 1.59. The molecule has 170 valence electrons. The van der Waals surface area contributed by atoms with Crippen molar-refractivity contribution in [2.45, 2.75) is 12.8 Å². The van der Waals surface area contributed by atoms with Gasteiger partial charge in [-0.3, -0.25) is 4.79 Å². The number of anilines is 3. The van der Waals surface area contributed by atoms with E-state index in [1.807, 2.05) is 18.2 Å². The van der Waals surface area contributed by atoms with Crippen LogP contribution in [0, 0.1) is 5.92 Å². The highest BCUT2D eigenvalue weighted by Crippen LogP contribution is 2.19. The van der Waals surface area contributed by atoms with Gasteiger partial charge in [0.25, 0.3) is 0 Å². The summed E-state index contributed by atoms with van der Waals surface area (Å²) in [4.78, 5) is 38.4. The molecule has 3 rings (SSSR count). The van der Waals surface area contributed by atoms with Crippen molar-refractivity contribution in [1.29, 1.82) is 0 Å². The molecule has 0 bridgehead atoms. The normalized spacial score (nSPS) is 13.8. The van der Waals surface area contributed by atoms with E-state index in [2.05, 4.69) is 21.3 Å². The minimum absolute atomic E-state index is 0.0153. The lowest BCUT2D eigenvalue weighted by atomic mass is 9.96. The summed E-state index contributed by atoms with van der Waals surface area (Å²) in [6, 6.07) is 15.5. The number of para-hydroxylation sites is 1. The molecule has 1 saturated heterocycles. The van der Waals surface area contributed by atoms with Gasteiger partial charge in [-0.2, -0.15) is 0 Å². The highest BCUT2D eigenvalue weighted by molar-refractivity contribution is 6.00. The maximum Gasteiger partial charge on any atom is 0.323 e. The van der Waals surface area contributed by atoms with E-state index in [0.29, 0.717) is 56.1 Å². The second-order valence-electron chi connectivity index (χ2n) is 7.50. The Morgan fingerprint density at radius 2 is 1.44 bits per heavy atom. The fraction of sp³-hybridized carbons (Fsp3) is 0.348. The number of urea groups is 2. The van der Waals surface area contributed by atoms with Crippen LogP contribution in [0.5, 0.6) is 0 Å². The average molecular weight is 440 g/mol. The van der Waals surface area contributed by atoms with E-state index >= 15 is 0 Å². The minimum Gasteiger partial charge on any atom is -0.383 e. The number of likely N-dealkylation sites (tertiary alicyclic amines) is 1. The van der Waals surface area contributed by atoms with Crippen molar-refractivity contribution >= 4 is 35.0 Å². The van der Waals surface area contributed by atoms with Gasteiger partial charge in [-0.05, 0) is 49.2 Å². The van der Waals surface area contributed by atoms with E-state index in [4.69, 9.17) is 4.74 Å². The molecule has 0 aromatic heterocycles. The number of rotatable bonds is 7. The lowest BCUT2D eigenvalue weighted by Crippen LogP contribution is -2.45. The maximum absolute atomic E-state index is 12.5. The fourth-order valence-electron chi connectivity index (χ4n) is 3.42. The van der Waals surface area contributed by atoms with Crippen molar-refractivity contribution in [2.75, 3.05) is 49.3 Å². The van der Waals surface area contributed by atoms with Crippen molar-refractivity contribution < 1.29 is 19.1 Å². The van der Waals surface area contributed by atoms with E-state index in [9.17, 15) is 14.4 Å². The number of carbonyl (C=O) groups is 3. The van der Waals surface area contributed by atoms with E-state index < -0.39 is 0 Å². The second-order valence-corrected chi connectivity index (χ2v) is 7.50. The molecule has 1 fully saturated rings. The third-order valence-corrected chi connectivity index (χ3v) is 5.18. The Bertz CT molecular complexity index is 896. The first-order chi connectivity index (χ1) is 15.5. The van der Waals surface area contributed by atoms with Crippen molar-refractivity contribution in [3.8, 4) is 0 Å². The fourth-order valence-corrected chi connectivity index (χ4v) is 3.42. The van der Waals surface area contributed by atoms with Crippen LogP contribution in [0.1, 0.15) is 12.8 Å². The number of nitrogens with zero attached hydrogens (tertiary/aromatic N) is 1. The summed E-state index contributed by atoms with van der Waals surface area (Å²) in [5.41, 5.74) is 1.94. The molecule has 32 heavy (non-hydrogen) atoms. The number of amides is 5. The highest BCUT2D eigenvalue weighted by Gasteiger charge is 2.27. The number of benzene rings is 2. The molecule has 2 aromatic rings. The summed E-state index contributed by atoms with van der Waals surface area (Å²) < 4.78 is 4.94. The molecule has 9 nitrogen and oxygen atoms in total. The first-order valence-corrected chi connectivity index (χ1v) is 10.6. The summed E-state index contributed by atoms with van der Waals surface area (Å²) in [6.45, 7) is 2.02. The maximum atomic E-state index is 12.5. The van der Waals surface area contributed by atoms with E-state index in [-0.39, 0.29) is 23.9 Å². The Morgan fingerprint density at radius 3 is 2.03 bits per heavy atom. The Balaban J connectivity index is 1.42. The molecular formula is C23H29N5O4. The Labute approximate surface area is 187 Å². The zero-order chi connectivity index (χ0) is 22.8. The van der Waals surface area contributed by atoms with Crippen molar-refractivity contribution in [2.24, 2.45) is 5.92 Å². The van der Waals surface area contributed by atoms with E-state index in [0.717, 1.165) is 0 Å². The van der Waals surface area contributed by atoms with Gasteiger partial charge in [0, 0.05) is 49.7 Å². The predicted octanol–water partition coefficient (Wildman–Crippen LogP) is 3.34. The molecule has 0 unspecified atom stereocenters. The SMILES string of the molecule is COCCNC(=O)C1CCN(C(=O)Nc2ccc(NC(=O)Nc3ccccc3)cc2)CC1. The molecule has 4 N–H and O–H groups in total. The zero-order valence-electron chi connectivity index (χ0n) is 18.1. The summed E-state index contributed by atoms with van der Waals surface area (Å²) in [6.07, 6.45) is 1.26. The Kier molecular flexibility index (Phi) is 8.44. The molecule has 0 radical (unpaired) electrons. The number of carbonyl (C=O) groups excluding carboxylic acids is 3. The number of hydrogen-bond acceptors (Lipinski definition) is 4. The number of methoxy groups -OCH3 is 1. The largest absolute Gasteiger partial charge is 0.383 e. The van der Waals surface area contributed by atoms with Gasteiger partial charge in [0.1, 0.15) is 0 Å². The van der Waals surface area contributed by atoms with Gasteiger partial charge in [-0.25, -0.2) is 9.59 Å². The highest BCUT2D eigenvalue weighted by atomic mass is 16.5. The number of ether oxygens (including phenoxy) is 1. The van der Waals surface area contributed by atoms with E-state index in [1.54, 1.807) is 48.4 Å². The predicted molar refractivity (Wildman–Crippen MR) is 124 cm³/mol. The molecule has 9 heteroatoms. The topological polar surface area (TPSA) is 112 Å². The van der Waals surface area contributed by atoms with Crippen molar-refractivity contribution in [3.63, 3.8) is 0 Å². The first-order valence-electron chi connectivity index (χ1n) is 10.6. The summed E-state index contributed by atoms with van der Waals surface area (Å²) in [5.74, 6) is -0.0650. The van der Waals surface area contributed by atoms with Crippen molar-refractivity contribution in [3.05, 3.63) is 54.6 Å². The van der Waals surface area contributed by atoms with Crippen LogP contribution in [-0.4, -0.2) is 56.2 Å². The van der Waals surface area contributed by atoms with E-state index in [1.165, 1.54) is 0 Å². The zero-order valence-corrected chi connectivity index (χ0v) is 18.1.